The molecule has 2 aromatic carbocycles. The first-order valence-electron chi connectivity index (χ1n) is 16.4. The molecule has 49 heavy (non-hydrogen) atoms. The monoisotopic (exact) mass is 721 g/mol. The fourth-order valence-electron chi connectivity index (χ4n) is 5.75. The van der Waals surface area contributed by atoms with E-state index < -0.39 is 52.5 Å². The molecule has 13 heteroatoms. The van der Waals surface area contributed by atoms with Gasteiger partial charge in [0.25, 0.3) is 0 Å². The molecule has 0 saturated carbocycles. The molecule has 1 fully saturated rings. The van der Waals surface area contributed by atoms with Crippen LogP contribution < -0.4 is 9.47 Å². The molecule has 0 unspecified atom stereocenters. The van der Waals surface area contributed by atoms with Crippen molar-refractivity contribution in [3.05, 3.63) is 58.7 Å². The summed E-state index contributed by atoms with van der Waals surface area (Å²) in [6.45, 7) is 17.5. The van der Waals surface area contributed by atoms with E-state index in [9.17, 15) is 18.0 Å². The van der Waals surface area contributed by atoms with Gasteiger partial charge in [-0.15, -0.1) is 0 Å². The summed E-state index contributed by atoms with van der Waals surface area (Å²) in [6.07, 6.45) is -0.631. The van der Waals surface area contributed by atoms with Crippen molar-refractivity contribution in [2.24, 2.45) is 0 Å². The lowest BCUT2D eigenvalue weighted by Crippen LogP contribution is -2.45. The number of sulfonamides is 1. The second kappa shape index (κ2) is 15.1. The van der Waals surface area contributed by atoms with Crippen LogP contribution in [0.4, 0.5) is 0 Å². The molecule has 0 N–H and O–H groups in total. The van der Waals surface area contributed by atoms with Gasteiger partial charge in [0, 0.05) is 31.3 Å². The molecular formula is C36H55NO10SSi. The van der Waals surface area contributed by atoms with Crippen molar-refractivity contribution >= 4 is 30.3 Å². The van der Waals surface area contributed by atoms with Crippen molar-refractivity contribution in [2.75, 3.05) is 41.8 Å². The largest absolute Gasteiger partial charge is 0.497 e. The fourth-order valence-corrected chi connectivity index (χ4v) is 9.14. The molecule has 0 aromatic heterocycles. The summed E-state index contributed by atoms with van der Waals surface area (Å²) in [7, 11) is -0.891. The van der Waals surface area contributed by atoms with Gasteiger partial charge in [0.05, 0.1) is 38.3 Å². The fraction of sp³-hybridized carbons (Fsp3) is 0.611. The Hall–Kier alpha value is -2.97. The van der Waals surface area contributed by atoms with Crippen LogP contribution in [0.2, 0.25) is 18.1 Å². The SMILES string of the molecule is COCOc1c(C(C)(C)C(=O)OC)cc([C@H](O[Si](C)(C)C(C)(C)C)[C@H]2CCN(Cc3ccc(OC)cc3)S2(=O)=O)cc1C(C)(C)C(=O)OC. The van der Waals surface area contributed by atoms with Crippen LogP contribution in [0, 0.1) is 0 Å². The van der Waals surface area contributed by atoms with Crippen LogP contribution in [0.3, 0.4) is 0 Å². The van der Waals surface area contributed by atoms with E-state index in [2.05, 4.69) is 33.9 Å². The molecule has 2 aromatic rings. The van der Waals surface area contributed by atoms with Crippen molar-refractivity contribution in [1.82, 2.24) is 4.31 Å². The molecule has 1 saturated heterocycles. The molecule has 1 heterocycles. The van der Waals surface area contributed by atoms with E-state index >= 15 is 0 Å². The highest BCUT2D eigenvalue weighted by Gasteiger charge is 2.50. The first-order valence-corrected chi connectivity index (χ1v) is 20.8. The molecule has 2 atom stereocenters. The lowest BCUT2D eigenvalue weighted by atomic mass is 9.76. The minimum atomic E-state index is -3.91. The first-order chi connectivity index (χ1) is 22.6. The molecule has 0 bridgehead atoms. The average Bonchev–Trinajstić information content (AvgIpc) is 3.33. The van der Waals surface area contributed by atoms with Crippen molar-refractivity contribution < 1.29 is 46.1 Å². The van der Waals surface area contributed by atoms with Gasteiger partial charge in [0.2, 0.25) is 10.0 Å². The Morgan fingerprint density at radius 3 is 1.82 bits per heavy atom. The van der Waals surface area contributed by atoms with Gasteiger partial charge < -0.3 is 28.1 Å². The first kappa shape index (κ1) is 40.5. The predicted molar refractivity (Wildman–Crippen MR) is 191 cm³/mol. The van der Waals surface area contributed by atoms with Crippen LogP contribution in [0.15, 0.2) is 36.4 Å². The van der Waals surface area contributed by atoms with Gasteiger partial charge in [-0.25, -0.2) is 8.42 Å². The summed E-state index contributed by atoms with van der Waals surface area (Å²) >= 11 is 0. The van der Waals surface area contributed by atoms with Gasteiger partial charge in [-0.05, 0) is 87.6 Å². The number of ether oxygens (including phenoxy) is 5. The zero-order valence-electron chi connectivity index (χ0n) is 31.4. The Morgan fingerprint density at radius 2 is 1.39 bits per heavy atom. The molecule has 0 spiro atoms. The number of esters is 2. The molecule has 0 radical (unpaired) electrons. The van der Waals surface area contributed by atoms with E-state index in [4.69, 9.17) is 28.1 Å². The highest BCUT2D eigenvalue weighted by atomic mass is 32.2. The van der Waals surface area contributed by atoms with Gasteiger partial charge in [0.1, 0.15) is 16.7 Å². The Kier molecular flexibility index (Phi) is 12.5. The third kappa shape index (κ3) is 8.33. The number of hydrogen-bond acceptors (Lipinski definition) is 10. The van der Waals surface area contributed by atoms with Crippen molar-refractivity contribution in [3.8, 4) is 11.5 Å². The number of hydrogen-bond donors (Lipinski definition) is 0. The summed E-state index contributed by atoms with van der Waals surface area (Å²) < 4.78 is 64.7. The highest BCUT2D eigenvalue weighted by Crippen LogP contribution is 2.48. The Bertz CT molecular complexity index is 1550. The number of methoxy groups -OCH3 is 4. The van der Waals surface area contributed by atoms with Gasteiger partial charge in [0.15, 0.2) is 15.1 Å². The maximum Gasteiger partial charge on any atom is 0.315 e. The maximum absolute atomic E-state index is 14.5. The van der Waals surface area contributed by atoms with Crippen LogP contribution in [-0.4, -0.2) is 80.0 Å². The summed E-state index contributed by atoms with van der Waals surface area (Å²) in [5.74, 6) is -0.162. The second-order valence-corrected chi connectivity index (χ2v) is 22.0. The van der Waals surface area contributed by atoms with Gasteiger partial charge >= 0.3 is 11.9 Å². The van der Waals surface area contributed by atoms with Gasteiger partial charge in [-0.1, -0.05) is 32.9 Å². The van der Waals surface area contributed by atoms with Crippen LogP contribution in [0.25, 0.3) is 0 Å². The maximum atomic E-state index is 14.5. The quantitative estimate of drug-likeness (QED) is 0.126. The molecule has 11 nitrogen and oxygen atoms in total. The molecule has 274 valence electrons. The molecule has 1 aliphatic rings. The Balaban J connectivity index is 2.36. The van der Waals surface area contributed by atoms with E-state index in [0.29, 0.717) is 35.4 Å². The van der Waals surface area contributed by atoms with E-state index in [1.807, 2.05) is 12.1 Å². The molecule has 1 aliphatic heterocycles. The van der Waals surface area contributed by atoms with Crippen molar-refractivity contribution in [3.63, 3.8) is 0 Å². The molecular weight excluding hydrogens is 667 g/mol. The number of carbonyl (C=O) groups excluding carboxylic acids is 2. The summed E-state index contributed by atoms with van der Waals surface area (Å²) in [4.78, 5) is 26.7. The minimum Gasteiger partial charge on any atom is -0.497 e. The third-order valence-electron chi connectivity index (χ3n) is 9.99. The lowest BCUT2D eigenvalue weighted by molar-refractivity contribution is -0.146. The molecule has 0 amide bonds. The Morgan fingerprint density at radius 1 is 0.878 bits per heavy atom. The zero-order chi connectivity index (χ0) is 37.2. The Labute approximate surface area is 293 Å². The van der Waals surface area contributed by atoms with Crippen molar-refractivity contribution in [2.45, 2.75) is 102 Å². The van der Waals surface area contributed by atoms with E-state index in [-0.39, 0.29) is 24.1 Å². The highest BCUT2D eigenvalue weighted by molar-refractivity contribution is 7.90. The average molecular weight is 722 g/mol. The van der Waals surface area contributed by atoms with E-state index in [1.54, 1.807) is 59.1 Å². The summed E-state index contributed by atoms with van der Waals surface area (Å²) in [6, 6.07) is 10.8. The second-order valence-electron chi connectivity index (χ2n) is 15.1. The van der Waals surface area contributed by atoms with E-state index in [0.717, 1.165) is 5.56 Å². The number of rotatable bonds is 14. The number of nitrogens with zero attached hydrogens (tertiary/aromatic N) is 1. The summed E-state index contributed by atoms with van der Waals surface area (Å²) in [5, 5.41) is -1.21. The zero-order valence-corrected chi connectivity index (χ0v) is 33.2. The smallest absolute Gasteiger partial charge is 0.315 e. The minimum absolute atomic E-state index is 0.172. The normalized spacial score (nSPS) is 17.8. The van der Waals surface area contributed by atoms with Crippen LogP contribution in [0.5, 0.6) is 11.5 Å². The van der Waals surface area contributed by atoms with Crippen molar-refractivity contribution in [1.29, 1.82) is 0 Å². The summed E-state index contributed by atoms with van der Waals surface area (Å²) in [5.41, 5.74) is -0.439. The van der Waals surface area contributed by atoms with Gasteiger partial charge in [-0.2, -0.15) is 4.31 Å². The van der Waals surface area contributed by atoms with Crippen LogP contribution in [0.1, 0.15) is 83.2 Å². The number of benzene rings is 2. The lowest BCUT2D eigenvalue weighted by Gasteiger charge is -2.41. The molecule has 3 rings (SSSR count). The number of carbonyl (C=O) groups is 2. The van der Waals surface area contributed by atoms with E-state index in [1.165, 1.54) is 25.6 Å². The van der Waals surface area contributed by atoms with Crippen LogP contribution >= 0.6 is 0 Å². The standard InChI is InChI=1S/C36H55NO10SSi/c1-34(2,3)49(12,13)47-30(29-18-19-37(48(29,40)41)22-24-14-16-26(43-9)17-15-24)25-20-27(35(4,5)32(38)44-10)31(46-23-42-8)28(21-25)36(6,7)33(39)45-11/h14-17,20-21,29-30H,18-19,22-23H2,1-13H3/t29-,30+/m1/s1. The third-order valence-corrected chi connectivity index (χ3v) is 16.7. The van der Waals surface area contributed by atoms with Crippen LogP contribution in [-0.2, 0) is 55.6 Å². The van der Waals surface area contributed by atoms with Gasteiger partial charge in [-0.3, -0.25) is 9.59 Å². The predicted octanol–water partition coefficient (Wildman–Crippen LogP) is 6.25. The molecule has 0 aliphatic carbocycles. The topological polar surface area (TPSA) is 127 Å².